The van der Waals surface area contributed by atoms with E-state index in [1.807, 2.05) is 16.3 Å². The van der Waals surface area contributed by atoms with Crippen LogP contribution >= 0.6 is 27.3 Å². The first kappa shape index (κ1) is 14.1. The molecule has 18 heavy (non-hydrogen) atoms. The Balaban J connectivity index is 1.98. The van der Waals surface area contributed by atoms with E-state index in [2.05, 4.69) is 22.9 Å². The molecule has 1 saturated heterocycles. The van der Waals surface area contributed by atoms with Gasteiger partial charge in [0.05, 0.1) is 0 Å². The number of carbonyl (C=O) groups excluding carboxylic acids is 1. The van der Waals surface area contributed by atoms with E-state index in [0.717, 1.165) is 34.8 Å². The third-order valence-corrected chi connectivity index (χ3v) is 5.47. The molecule has 0 aromatic carbocycles. The maximum absolute atomic E-state index is 12.4. The van der Waals surface area contributed by atoms with Gasteiger partial charge in [-0.1, -0.05) is 19.8 Å². The highest BCUT2D eigenvalue weighted by Gasteiger charge is 2.23. The number of halogens is 1. The molecular formula is C14H20BrNOS. The second kappa shape index (κ2) is 6.71. The summed E-state index contributed by atoms with van der Waals surface area (Å²) < 4.78 is 0.937. The molecule has 100 valence electrons. The number of carbonyl (C=O) groups is 1. The fourth-order valence-electron chi connectivity index (χ4n) is 2.66. The van der Waals surface area contributed by atoms with Gasteiger partial charge in [-0.05, 0) is 52.6 Å². The number of hydrogen-bond acceptors (Lipinski definition) is 2. The van der Waals surface area contributed by atoms with Gasteiger partial charge in [-0.3, -0.25) is 4.79 Å². The van der Waals surface area contributed by atoms with E-state index in [0.29, 0.717) is 0 Å². The molecule has 1 aliphatic heterocycles. The highest BCUT2D eigenvalue weighted by Crippen LogP contribution is 2.27. The molecule has 0 bridgehead atoms. The average molecular weight is 330 g/mol. The van der Waals surface area contributed by atoms with Gasteiger partial charge in [0, 0.05) is 17.6 Å². The van der Waals surface area contributed by atoms with Crippen LogP contribution in [0.1, 0.15) is 48.7 Å². The highest BCUT2D eigenvalue weighted by molar-refractivity contribution is 9.10. The second-order valence-corrected chi connectivity index (χ2v) is 6.75. The molecule has 1 aromatic rings. The van der Waals surface area contributed by atoms with Crippen LogP contribution in [0.2, 0.25) is 0 Å². The predicted molar refractivity (Wildman–Crippen MR) is 80.2 cm³/mol. The van der Waals surface area contributed by atoms with Crippen LogP contribution in [0.15, 0.2) is 15.9 Å². The van der Waals surface area contributed by atoms with Crippen LogP contribution in [0, 0.1) is 5.92 Å². The molecule has 0 radical (unpaired) electrons. The molecule has 0 aliphatic carbocycles. The molecule has 1 aromatic heterocycles. The van der Waals surface area contributed by atoms with Crippen LogP contribution < -0.4 is 0 Å². The first-order valence-corrected chi connectivity index (χ1v) is 8.42. The Kier molecular flexibility index (Phi) is 5.25. The van der Waals surface area contributed by atoms with Gasteiger partial charge in [0.25, 0.3) is 5.91 Å². The van der Waals surface area contributed by atoms with Crippen molar-refractivity contribution in [2.45, 2.75) is 39.0 Å². The van der Waals surface area contributed by atoms with Crippen molar-refractivity contribution >= 4 is 33.2 Å². The van der Waals surface area contributed by atoms with E-state index in [9.17, 15) is 4.79 Å². The topological polar surface area (TPSA) is 20.3 Å². The summed E-state index contributed by atoms with van der Waals surface area (Å²) in [5.74, 6) is 1.02. The van der Waals surface area contributed by atoms with E-state index in [1.54, 1.807) is 0 Å². The van der Waals surface area contributed by atoms with Gasteiger partial charge < -0.3 is 4.90 Å². The number of nitrogens with zero attached hydrogens (tertiary/aromatic N) is 1. The van der Waals surface area contributed by atoms with Crippen molar-refractivity contribution in [3.63, 3.8) is 0 Å². The minimum Gasteiger partial charge on any atom is -0.338 e. The van der Waals surface area contributed by atoms with Gasteiger partial charge in [-0.15, -0.1) is 11.3 Å². The van der Waals surface area contributed by atoms with Crippen LogP contribution in [-0.2, 0) is 0 Å². The second-order valence-electron chi connectivity index (χ2n) is 4.98. The van der Waals surface area contributed by atoms with Gasteiger partial charge in [-0.25, -0.2) is 0 Å². The smallest absolute Gasteiger partial charge is 0.265 e. The number of amides is 1. The number of rotatable bonds is 3. The predicted octanol–water partition coefficient (Wildman–Crippen LogP) is 4.55. The lowest BCUT2D eigenvalue weighted by Crippen LogP contribution is -2.31. The van der Waals surface area contributed by atoms with Gasteiger partial charge in [-0.2, -0.15) is 0 Å². The van der Waals surface area contributed by atoms with E-state index in [1.165, 1.54) is 37.0 Å². The maximum Gasteiger partial charge on any atom is 0.265 e. The molecule has 1 fully saturated rings. The molecule has 2 heterocycles. The zero-order chi connectivity index (χ0) is 13.0. The molecule has 1 aliphatic rings. The van der Waals surface area contributed by atoms with Crippen LogP contribution in [0.25, 0.3) is 0 Å². The Bertz CT molecular complexity index is 404. The highest BCUT2D eigenvalue weighted by atomic mass is 79.9. The lowest BCUT2D eigenvalue weighted by atomic mass is 9.96. The normalized spacial score (nSPS) is 20.8. The largest absolute Gasteiger partial charge is 0.338 e. The Morgan fingerprint density at radius 2 is 2.33 bits per heavy atom. The zero-order valence-corrected chi connectivity index (χ0v) is 13.2. The van der Waals surface area contributed by atoms with E-state index >= 15 is 0 Å². The minimum absolute atomic E-state index is 0.203. The molecule has 0 saturated carbocycles. The molecule has 1 atom stereocenters. The summed E-state index contributed by atoms with van der Waals surface area (Å²) in [7, 11) is 0. The number of hydrogen-bond donors (Lipinski definition) is 0. The van der Waals surface area contributed by atoms with Crippen molar-refractivity contribution in [1.29, 1.82) is 0 Å². The quantitative estimate of drug-likeness (QED) is 0.796. The van der Waals surface area contributed by atoms with Crippen LogP contribution in [-0.4, -0.2) is 23.9 Å². The van der Waals surface area contributed by atoms with Crippen LogP contribution in [0.4, 0.5) is 0 Å². The molecule has 4 heteroatoms. The first-order valence-electron chi connectivity index (χ1n) is 6.74. The lowest BCUT2D eigenvalue weighted by Gasteiger charge is -2.20. The zero-order valence-electron chi connectivity index (χ0n) is 10.8. The van der Waals surface area contributed by atoms with E-state index in [4.69, 9.17) is 0 Å². The van der Waals surface area contributed by atoms with Crippen molar-refractivity contribution < 1.29 is 4.79 Å². The van der Waals surface area contributed by atoms with Gasteiger partial charge in [0.1, 0.15) is 4.88 Å². The summed E-state index contributed by atoms with van der Waals surface area (Å²) in [6.45, 7) is 4.09. The Morgan fingerprint density at radius 1 is 1.50 bits per heavy atom. The summed E-state index contributed by atoms with van der Waals surface area (Å²) in [6, 6.07) is 1.95. The SMILES string of the molecule is CCCC1CCCN(C(=O)c2sccc2Br)CC1. The van der Waals surface area contributed by atoms with Gasteiger partial charge in [0.2, 0.25) is 0 Å². The summed E-state index contributed by atoms with van der Waals surface area (Å²) >= 11 is 4.98. The molecule has 0 N–H and O–H groups in total. The molecule has 2 rings (SSSR count). The first-order chi connectivity index (χ1) is 8.72. The summed E-state index contributed by atoms with van der Waals surface area (Å²) in [4.78, 5) is 15.3. The van der Waals surface area contributed by atoms with Crippen LogP contribution in [0.5, 0.6) is 0 Å². The minimum atomic E-state index is 0.203. The van der Waals surface area contributed by atoms with Gasteiger partial charge in [0.15, 0.2) is 0 Å². The van der Waals surface area contributed by atoms with Crippen molar-refractivity contribution in [3.05, 3.63) is 20.8 Å². The van der Waals surface area contributed by atoms with E-state index < -0.39 is 0 Å². The summed E-state index contributed by atoms with van der Waals surface area (Å²) in [5.41, 5.74) is 0. The standard InChI is InChI=1S/C14H20BrNOS/c1-2-4-11-5-3-8-16(9-6-11)14(17)13-12(15)7-10-18-13/h7,10-11H,2-6,8-9H2,1H3. The Labute approximate surface area is 122 Å². The molecule has 1 amide bonds. The van der Waals surface area contributed by atoms with Crippen molar-refractivity contribution in [1.82, 2.24) is 4.90 Å². The molecule has 1 unspecified atom stereocenters. The fraction of sp³-hybridized carbons (Fsp3) is 0.643. The fourth-order valence-corrected chi connectivity index (χ4v) is 4.16. The third kappa shape index (κ3) is 3.35. The third-order valence-electron chi connectivity index (χ3n) is 3.64. The molecular weight excluding hydrogens is 310 g/mol. The Morgan fingerprint density at radius 3 is 3.00 bits per heavy atom. The number of likely N-dealkylation sites (tertiary alicyclic amines) is 1. The average Bonchev–Trinajstić information content (AvgIpc) is 2.64. The summed E-state index contributed by atoms with van der Waals surface area (Å²) in [6.07, 6.45) is 6.17. The monoisotopic (exact) mass is 329 g/mol. The van der Waals surface area contributed by atoms with E-state index in [-0.39, 0.29) is 5.91 Å². The van der Waals surface area contributed by atoms with Crippen molar-refractivity contribution in [2.24, 2.45) is 5.92 Å². The van der Waals surface area contributed by atoms with Crippen LogP contribution in [0.3, 0.4) is 0 Å². The Hall–Kier alpha value is -0.350. The molecule has 2 nitrogen and oxygen atoms in total. The summed E-state index contributed by atoms with van der Waals surface area (Å²) in [5, 5.41) is 1.97. The van der Waals surface area contributed by atoms with Gasteiger partial charge >= 0.3 is 0 Å². The van der Waals surface area contributed by atoms with Crippen molar-refractivity contribution in [3.8, 4) is 0 Å². The number of thiophene rings is 1. The van der Waals surface area contributed by atoms with Crippen molar-refractivity contribution in [2.75, 3.05) is 13.1 Å². The lowest BCUT2D eigenvalue weighted by molar-refractivity contribution is 0.0764. The molecule has 0 spiro atoms. The maximum atomic E-state index is 12.4.